The molecule has 4 heteroatoms. The van der Waals surface area contributed by atoms with E-state index in [1.165, 1.54) is 29.7 Å². The monoisotopic (exact) mass is 401 g/mol. The minimum Gasteiger partial charge on any atom is -0.485 e. The predicted molar refractivity (Wildman–Crippen MR) is 123 cm³/mol. The molecule has 0 aliphatic carbocycles. The number of rotatable bonds is 4. The highest BCUT2D eigenvalue weighted by Crippen LogP contribution is 2.35. The van der Waals surface area contributed by atoms with E-state index < -0.39 is 0 Å². The number of ether oxygens (including phenoxy) is 1. The molecule has 3 heterocycles. The molecule has 1 N–H and O–H groups in total. The minimum absolute atomic E-state index is 0.0291. The number of aryl methyl sites for hydroxylation is 2. The first-order chi connectivity index (χ1) is 14.4. The van der Waals surface area contributed by atoms with E-state index in [0.717, 1.165) is 41.4 Å². The Bertz CT molecular complexity index is 1040. The molecule has 0 amide bonds. The number of aromatic nitrogens is 2. The van der Waals surface area contributed by atoms with E-state index in [1.54, 1.807) is 0 Å². The Morgan fingerprint density at radius 1 is 1.03 bits per heavy atom. The van der Waals surface area contributed by atoms with Crippen molar-refractivity contribution in [2.45, 2.75) is 59.0 Å². The van der Waals surface area contributed by atoms with Gasteiger partial charge in [-0.1, -0.05) is 26.8 Å². The van der Waals surface area contributed by atoms with Gasteiger partial charge in [0, 0.05) is 35.1 Å². The van der Waals surface area contributed by atoms with Crippen LogP contribution in [0.1, 0.15) is 56.1 Å². The van der Waals surface area contributed by atoms with Crippen LogP contribution in [0.5, 0.6) is 5.75 Å². The van der Waals surface area contributed by atoms with Gasteiger partial charge >= 0.3 is 0 Å². The molecule has 0 atom stereocenters. The lowest BCUT2D eigenvalue weighted by molar-refractivity contribution is 0.301. The number of hydrogen-bond donors (Lipinski definition) is 1. The van der Waals surface area contributed by atoms with Crippen LogP contribution < -0.4 is 10.1 Å². The molecular formula is C26H31N3O. The molecule has 3 aromatic rings. The number of pyridine rings is 2. The van der Waals surface area contributed by atoms with Crippen molar-refractivity contribution in [3.63, 3.8) is 0 Å². The highest BCUT2D eigenvalue weighted by molar-refractivity contribution is 5.71. The SMILES string of the molecule is Cc1ccnc(COc2ccc(C(C)(C)C)nc2-c2ccc3c(c2)CCCCN3)c1. The number of nitrogens with one attached hydrogen (secondary N) is 1. The molecule has 0 spiro atoms. The standard InChI is InChI=1S/C26H31N3O/c1-18-12-14-27-21(15-18)17-30-23-10-11-24(26(2,3)4)29-25(23)20-8-9-22-19(16-20)7-5-6-13-28-22/h8-12,14-16,28H,5-7,13,17H2,1-4H3. The third-order valence-electron chi connectivity index (χ3n) is 5.54. The largest absolute Gasteiger partial charge is 0.485 e. The molecule has 0 unspecified atom stereocenters. The van der Waals surface area contributed by atoms with Crippen molar-refractivity contribution in [2.24, 2.45) is 0 Å². The van der Waals surface area contributed by atoms with Crippen LogP contribution in [0.4, 0.5) is 5.69 Å². The van der Waals surface area contributed by atoms with Crippen molar-refractivity contribution < 1.29 is 4.74 Å². The van der Waals surface area contributed by atoms with Gasteiger partial charge in [0.1, 0.15) is 18.1 Å². The van der Waals surface area contributed by atoms with Gasteiger partial charge in [0.2, 0.25) is 0 Å². The molecule has 2 aromatic heterocycles. The maximum absolute atomic E-state index is 6.23. The Kier molecular flexibility index (Phi) is 5.76. The van der Waals surface area contributed by atoms with Crippen molar-refractivity contribution in [1.82, 2.24) is 9.97 Å². The molecule has 0 saturated carbocycles. The Balaban J connectivity index is 1.71. The van der Waals surface area contributed by atoms with E-state index in [2.05, 4.69) is 74.4 Å². The van der Waals surface area contributed by atoms with Gasteiger partial charge in [-0.15, -0.1) is 0 Å². The van der Waals surface area contributed by atoms with Gasteiger partial charge in [-0.25, -0.2) is 4.98 Å². The number of nitrogens with zero attached hydrogens (tertiary/aromatic N) is 2. The van der Waals surface area contributed by atoms with Crippen molar-refractivity contribution in [3.05, 3.63) is 71.2 Å². The van der Waals surface area contributed by atoms with Crippen LogP contribution in [0.3, 0.4) is 0 Å². The lowest BCUT2D eigenvalue weighted by Crippen LogP contribution is -2.14. The number of fused-ring (bicyclic) bond motifs is 1. The fourth-order valence-electron chi connectivity index (χ4n) is 3.80. The molecule has 156 valence electrons. The third-order valence-corrected chi connectivity index (χ3v) is 5.54. The first-order valence-corrected chi connectivity index (χ1v) is 10.8. The smallest absolute Gasteiger partial charge is 0.146 e. The molecular weight excluding hydrogens is 370 g/mol. The Labute approximate surface area is 179 Å². The molecule has 30 heavy (non-hydrogen) atoms. The summed E-state index contributed by atoms with van der Waals surface area (Å²) in [5.41, 5.74) is 7.76. The summed E-state index contributed by atoms with van der Waals surface area (Å²) >= 11 is 0. The van der Waals surface area contributed by atoms with Gasteiger partial charge in [-0.3, -0.25) is 4.98 Å². The van der Waals surface area contributed by atoms with E-state index in [0.29, 0.717) is 6.61 Å². The van der Waals surface area contributed by atoms with Crippen LogP contribution in [-0.2, 0) is 18.4 Å². The molecule has 0 radical (unpaired) electrons. The van der Waals surface area contributed by atoms with Crippen LogP contribution in [-0.4, -0.2) is 16.5 Å². The first kappa shape index (κ1) is 20.4. The average molecular weight is 402 g/mol. The number of benzene rings is 1. The van der Waals surface area contributed by atoms with E-state index in [9.17, 15) is 0 Å². The van der Waals surface area contributed by atoms with Crippen molar-refractivity contribution in [3.8, 4) is 17.0 Å². The van der Waals surface area contributed by atoms with E-state index in [-0.39, 0.29) is 5.41 Å². The summed E-state index contributed by atoms with van der Waals surface area (Å²) < 4.78 is 6.23. The fourth-order valence-corrected chi connectivity index (χ4v) is 3.80. The Morgan fingerprint density at radius 2 is 1.90 bits per heavy atom. The average Bonchev–Trinajstić information content (AvgIpc) is 2.96. The molecule has 0 saturated heterocycles. The maximum Gasteiger partial charge on any atom is 0.146 e. The van der Waals surface area contributed by atoms with Crippen LogP contribution in [0.2, 0.25) is 0 Å². The second-order valence-electron chi connectivity index (χ2n) is 9.16. The second-order valence-corrected chi connectivity index (χ2v) is 9.16. The van der Waals surface area contributed by atoms with Crippen LogP contribution in [0.25, 0.3) is 11.3 Å². The quantitative estimate of drug-likeness (QED) is 0.576. The summed E-state index contributed by atoms with van der Waals surface area (Å²) in [6.45, 7) is 10.1. The topological polar surface area (TPSA) is 47.0 Å². The molecule has 1 aromatic carbocycles. The zero-order chi connectivity index (χ0) is 21.1. The Morgan fingerprint density at radius 3 is 2.70 bits per heavy atom. The zero-order valence-corrected chi connectivity index (χ0v) is 18.5. The predicted octanol–water partition coefficient (Wildman–Crippen LogP) is 6.08. The molecule has 1 aliphatic rings. The van der Waals surface area contributed by atoms with Crippen molar-refractivity contribution >= 4 is 5.69 Å². The number of hydrogen-bond acceptors (Lipinski definition) is 4. The summed E-state index contributed by atoms with van der Waals surface area (Å²) in [7, 11) is 0. The van der Waals surface area contributed by atoms with Crippen molar-refractivity contribution in [2.75, 3.05) is 11.9 Å². The summed E-state index contributed by atoms with van der Waals surface area (Å²) in [6.07, 6.45) is 5.34. The molecule has 0 fully saturated rings. The highest BCUT2D eigenvalue weighted by atomic mass is 16.5. The van der Waals surface area contributed by atoms with Crippen molar-refractivity contribution in [1.29, 1.82) is 0 Å². The van der Waals surface area contributed by atoms with Crippen LogP contribution in [0.15, 0.2) is 48.7 Å². The third kappa shape index (κ3) is 4.64. The normalized spacial score (nSPS) is 13.9. The summed E-state index contributed by atoms with van der Waals surface area (Å²) in [6, 6.07) is 14.8. The van der Waals surface area contributed by atoms with Gasteiger partial charge in [0.25, 0.3) is 0 Å². The minimum atomic E-state index is -0.0291. The fraction of sp³-hybridized carbons (Fsp3) is 0.385. The van der Waals surface area contributed by atoms with Gasteiger partial charge in [-0.2, -0.15) is 0 Å². The van der Waals surface area contributed by atoms with Gasteiger partial charge < -0.3 is 10.1 Å². The van der Waals surface area contributed by atoms with Gasteiger partial charge in [0.15, 0.2) is 0 Å². The van der Waals surface area contributed by atoms with Gasteiger partial charge in [-0.05, 0) is 73.7 Å². The highest BCUT2D eigenvalue weighted by Gasteiger charge is 2.20. The van der Waals surface area contributed by atoms with Crippen LogP contribution in [0, 0.1) is 6.92 Å². The summed E-state index contributed by atoms with van der Waals surface area (Å²) in [4.78, 5) is 9.48. The lowest BCUT2D eigenvalue weighted by Gasteiger charge is -2.21. The lowest BCUT2D eigenvalue weighted by atomic mass is 9.91. The molecule has 4 rings (SSSR count). The molecule has 0 bridgehead atoms. The maximum atomic E-state index is 6.23. The van der Waals surface area contributed by atoms with Gasteiger partial charge in [0.05, 0.1) is 5.69 Å². The van der Waals surface area contributed by atoms with E-state index >= 15 is 0 Å². The first-order valence-electron chi connectivity index (χ1n) is 10.8. The zero-order valence-electron chi connectivity index (χ0n) is 18.5. The molecule has 4 nitrogen and oxygen atoms in total. The Hall–Kier alpha value is -2.88. The van der Waals surface area contributed by atoms with E-state index in [4.69, 9.17) is 9.72 Å². The second kappa shape index (κ2) is 8.47. The summed E-state index contributed by atoms with van der Waals surface area (Å²) in [5, 5.41) is 3.55. The molecule has 1 aliphatic heterocycles. The number of anilines is 1. The van der Waals surface area contributed by atoms with Crippen LogP contribution >= 0.6 is 0 Å². The summed E-state index contributed by atoms with van der Waals surface area (Å²) in [5.74, 6) is 0.799. The van der Waals surface area contributed by atoms with E-state index in [1.807, 2.05) is 12.3 Å².